The first-order valence-corrected chi connectivity index (χ1v) is 7.81. The number of benzene rings is 1. The molecule has 2 heterocycles. The molecule has 0 bridgehead atoms. The van der Waals surface area contributed by atoms with Gasteiger partial charge in [0.2, 0.25) is 0 Å². The Morgan fingerprint density at radius 3 is 2.59 bits per heavy atom. The smallest absolute Gasteiger partial charge is 0.141 e. The molecule has 0 spiro atoms. The zero-order chi connectivity index (χ0) is 15.5. The van der Waals surface area contributed by atoms with Gasteiger partial charge in [-0.25, -0.2) is 4.39 Å². The summed E-state index contributed by atoms with van der Waals surface area (Å²) in [6, 6.07) is 6.51. The molecule has 1 aliphatic rings. The highest BCUT2D eigenvalue weighted by atomic mass is 35.5. The highest BCUT2D eigenvalue weighted by molar-refractivity contribution is 6.34. The van der Waals surface area contributed by atoms with E-state index < -0.39 is 0 Å². The van der Waals surface area contributed by atoms with Crippen molar-refractivity contribution in [3.8, 4) is 5.75 Å². The maximum Gasteiger partial charge on any atom is 0.141 e. The van der Waals surface area contributed by atoms with Crippen molar-refractivity contribution >= 4 is 23.2 Å². The summed E-state index contributed by atoms with van der Waals surface area (Å²) in [6.07, 6.45) is 3.48. The van der Waals surface area contributed by atoms with Gasteiger partial charge in [-0.2, -0.15) is 0 Å². The number of hydrogen-bond donors (Lipinski definition) is 1. The molecule has 6 heteroatoms. The summed E-state index contributed by atoms with van der Waals surface area (Å²) in [5, 5.41) is 4.31. The topological polar surface area (TPSA) is 34.1 Å². The molecule has 3 nitrogen and oxygen atoms in total. The van der Waals surface area contributed by atoms with Crippen molar-refractivity contribution in [2.75, 3.05) is 13.1 Å². The Morgan fingerprint density at radius 1 is 1.18 bits per heavy atom. The number of hydrogen-bond acceptors (Lipinski definition) is 3. The average molecular weight is 341 g/mol. The lowest BCUT2D eigenvalue weighted by Gasteiger charge is -2.25. The minimum atomic E-state index is -0.374. The third-order valence-corrected chi connectivity index (χ3v) is 4.12. The Hall–Kier alpha value is -1.36. The van der Waals surface area contributed by atoms with Crippen LogP contribution in [0.4, 0.5) is 4.39 Å². The molecular weight excluding hydrogens is 326 g/mol. The zero-order valence-corrected chi connectivity index (χ0v) is 13.2. The summed E-state index contributed by atoms with van der Waals surface area (Å²) < 4.78 is 19.6. The normalized spacial score (nSPS) is 19.1. The van der Waals surface area contributed by atoms with E-state index in [2.05, 4.69) is 10.3 Å². The average Bonchev–Trinajstić information content (AvgIpc) is 2.97. The van der Waals surface area contributed by atoms with Gasteiger partial charge in [-0.3, -0.25) is 4.98 Å². The number of halogens is 3. The summed E-state index contributed by atoms with van der Waals surface area (Å²) in [7, 11) is 0. The van der Waals surface area contributed by atoms with Crippen molar-refractivity contribution in [1.29, 1.82) is 0 Å². The van der Waals surface area contributed by atoms with Gasteiger partial charge in [0, 0.05) is 34.3 Å². The molecule has 0 radical (unpaired) electrons. The first-order chi connectivity index (χ1) is 10.6. The van der Waals surface area contributed by atoms with Gasteiger partial charge in [-0.15, -0.1) is 0 Å². The van der Waals surface area contributed by atoms with E-state index in [-0.39, 0.29) is 17.8 Å². The molecule has 2 aromatic rings. The fraction of sp³-hybridized carbons (Fsp3) is 0.312. The fourth-order valence-corrected chi connectivity index (χ4v) is 3.20. The molecule has 22 heavy (non-hydrogen) atoms. The first kappa shape index (κ1) is 15.5. The second-order valence-electron chi connectivity index (χ2n) is 5.33. The van der Waals surface area contributed by atoms with Crippen LogP contribution in [-0.2, 0) is 0 Å². The Balaban J connectivity index is 1.91. The van der Waals surface area contributed by atoms with Crippen molar-refractivity contribution in [2.24, 2.45) is 5.92 Å². The van der Waals surface area contributed by atoms with E-state index in [1.165, 1.54) is 12.3 Å². The summed E-state index contributed by atoms with van der Waals surface area (Å²) in [6.45, 7) is 1.74. The van der Waals surface area contributed by atoms with Crippen LogP contribution in [0.2, 0.25) is 10.0 Å². The third kappa shape index (κ3) is 3.69. The van der Waals surface area contributed by atoms with Crippen LogP contribution < -0.4 is 10.1 Å². The van der Waals surface area contributed by atoms with E-state index in [1.54, 1.807) is 24.4 Å². The zero-order valence-electron chi connectivity index (χ0n) is 11.7. The Morgan fingerprint density at radius 2 is 1.95 bits per heavy atom. The van der Waals surface area contributed by atoms with Crippen LogP contribution in [0.25, 0.3) is 0 Å². The molecule has 1 fully saturated rings. The summed E-state index contributed by atoms with van der Waals surface area (Å²) in [4.78, 5) is 3.93. The third-order valence-electron chi connectivity index (χ3n) is 3.68. The lowest BCUT2D eigenvalue weighted by atomic mass is 9.96. The van der Waals surface area contributed by atoms with Gasteiger partial charge in [-0.05, 0) is 37.2 Å². The molecule has 0 amide bonds. The Kier molecular flexibility index (Phi) is 4.81. The minimum Gasteiger partial charge on any atom is -0.485 e. The van der Waals surface area contributed by atoms with Crippen molar-refractivity contribution in [3.63, 3.8) is 0 Å². The molecule has 1 saturated heterocycles. The molecule has 0 aliphatic carbocycles. The van der Waals surface area contributed by atoms with E-state index >= 15 is 0 Å². The molecule has 116 valence electrons. The first-order valence-electron chi connectivity index (χ1n) is 7.06. The second kappa shape index (κ2) is 6.82. The van der Waals surface area contributed by atoms with E-state index in [4.69, 9.17) is 27.9 Å². The Labute approximate surface area is 138 Å². The second-order valence-corrected chi connectivity index (χ2v) is 6.21. The van der Waals surface area contributed by atoms with E-state index in [1.807, 2.05) is 0 Å². The number of rotatable bonds is 4. The summed E-state index contributed by atoms with van der Waals surface area (Å²) >= 11 is 12.0. The van der Waals surface area contributed by atoms with Crippen LogP contribution in [0.3, 0.4) is 0 Å². The number of nitrogens with zero attached hydrogens (tertiary/aromatic N) is 1. The molecule has 1 aliphatic heterocycles. The van der Waals surface area contributed by atoms with Crippen molar-refractivity contribution in [3.05, 3.63) is 58.1 Å². The number of aromatic nitrogens is 1. The van der Waals surface area contributed by atoms with Gasteiger partial charge in [-0.1, -0.05) is 23.2 Å². The standard InChI is InChI=1S/C16H15Cl2FN2O/c17-12-4-13(18)6-15(5-12)22-16(10-1-2-20-7-10)11-3-14(19)9-21-8-11/h3-6,8-10,16,20H,1-2,7H2/t10-,16-/m0/s1. The molecule has 0 unspecified atom stereocenters. The van der Waals surface area contributed by atoms with Crippen molar-refractivity contribution in [1.82, 2.24) is 10.3 Å². The number of ether oxygens (including phenoxy) is 1. The van der Waals surface area contributed by atoms with Gasteiger partial charge >= 0.3 is 0 Å². The van der Waals surface area contributed by atoms with Crippen LogP contribution in [0.1, 0.15) is 18.1 Å². The minimum absolute atomic E-state index is 0.237. The highest BCUT2D eigenvalue weighted by Crippen LogP contribution is 2.34. The molecule has 1 aromatic carbocycles. The lowest BCUT2D eigenvalue weighted by Crippen LogP contribution is -2.21. The van der Waals surface area contributed by atoms with E-state index in [9.17, 15) is 4.39 Å². The van der Waals surface area contributed by atoms with Crippen molar-refractivity contribution in [2.45, 2.75) is 12.5 Å². The largest absolute Gasteiger partial charge is 0.485 e. The molecular formula is C16H15Cl2FN2O. The van der Waals surface area contributed by atoms with E-state index in [0.29, 0.717) is 21.4 Å². The number of nitrogens with one attached hydrogen (secondary N) is 1. The highest BCUT2D eigenvalue weighted by Gasteiger charge is 2.28. The van der Waals surface area contributed by atoms with Crippen LogP contribution in [0.5, 0.6) is 5.75 Å². The van der Waals surface area contributed by atoms with Gasteiger partial charge in [0.1, 0.15) is 17.7 Å². The molecule has 1 N–H and O–H groups in total. The lowest BCUT2D eigenvalue weighted by molar-refractivity contribution is 0.143. The fourth-order valence-electron chi connectivity index (χ4n) is 2.70. The molecule has 1 aromatic heterocycles. The van der Waals surface area contributed by atoms with Gasteiger partial charge < -0.3 is 10.1 Å². The molecule has 2 atom stereocenters. The summed E-state index contributed by atoms with van der Waals surface area (Å²) in [5.41, 5.74) is 0.713. The number of pyridine rings is 1. The monoisotopic (exact) mass is 340 g/mol. The predicted octanol–water partition coefficient (Wildman–Crippen LogP) is 4.26. The van der Waals surface area contributed by atoms with Crippen molar-refractivity contribution < 1.29 is 9.13 Å². The molecule has 0 saturated carbocycles. The van der Waals surface area contributed by atoms with Crippen LogP contribution >= 0.6 is 23.2 Å². The SMILES string of the molecule is Fc1cncc([C@@H](Oc2cc(Cl)cc(Cl)c2)[C@H]2CCNC2)c1. The van der Waals surface area contributed by atoms with Crippen LogP contribution in [0.15, 0.2) is 36.7 Å². The van der Waals surface area contributed by atoms with Gasteiger partial charge in [0.25, 0.3) is 0 Å². The quantitative estimate of drug-likeness (QED) is 0.902. The summed E-state index contributed by atoms with van der Waals surface area (Å²) in [5.74, 6) is 0.432. The predicted molar refractivity (Wildman–Crippen MR) is 85.0 cm³/mol. The maximum atomic E-state index is 13.5. The van der Waals surface area contributed by atoms with E-state index in [0.717, 1.165) is 19.5 Å². The van der Waals surface area contributed by atoms with Crippen LogP contribution in [-0.4, -0.2) is 18.1 Å². The maximum absolute atomic E-state index is 13.5. The van der Waals surface area contributed by atoms with Gasteiger partial charge in [0.05, 0.1) is 6.20 Å². The van der Waals surface area contributed by atoms with Gasteiger partial charge in [0.15, 0.2) is 0 Å². The molecule has 3 rings (SSSR count). The van der Waals surface area contributed by atoms with Crippen LogP contribution in [0, 0.1) is 11.7 Å². The Bertz CT molecular complexity index is 642.